The molecule has 20 heavy (non-hydrogen) atoms. The van der Waals surface area contributed by atoms with Crippen molar-refractivity contribution < 1.29 is 13.2 Å². The Balaban J connectivity index is 1.69. The molecule has 0 aromatic rings. The first-order valence-electron chi connectivity index (χ1n) is 7.91. The summed E-state index contributed by atoms with van der Waals surface area (Å²) in [5.74, 6) is 0.855. The predicted molar refractivity (Wildman–Crippen MR) is 77.7 cm³/mol. The third kappa shape index (κ3) is 3.03. The molecule has 1 saturated heterocycles. The van der Waals surface area contributed by atoms with Crippen LogP contribution >= 0.6 is 0 Å². The number of hydrogen-bond donors (Lipinski definition) is 2. The second-order valence-electron chi connectivity index (χ2n) is 6.71. The van der Waals surface area contributed by atoms with Crippen LogP contribution in [0.4, 0.5) is 0 Å². The van der Waals surface area contributed by atoms with Gasteiger partial charge in [0, 0.05) is 18.7 Å². The molecule has 5 nitrogen and oxygen atoms in total. The Morgan fingerprint density at radius 1 is 1.05 bits per heavy atom. The van der Waals surface area contributed by atoms with Gasteiger partial charge in [-0.25, -0.2) is 13.1 Å². The van der Waals surface area contributed by atoms with Crippen LogP contribution in [0.2, 0.25) is 0 Å². The number of hydrogen-bond acceptors (Lipinski definition) is 4. The fraction of sp³-hybridized carbons (Fsp3) is 1.00. The van der Waals surface area contributed by atoms with Crippen LogP contribution < -0.4 is 10.5 Å². The Hall–Kier alpha value is -0.170. The maximum absolute atomic E-state index is 12.5. The lowest BCUT2D eigenvalue weighted by molar-refractivity contribution is 0.0965. The van der Waals surface area contributed by atoms with Gasteiger partial charge in [0.2, 0.25) is 10.0 Å². The van der Waals surface area contributed by atoms with Gasteiger partial charge in [-0.3, -0.25) is 0 Å². The minimum absolute atomic E-state index is 0.107. The summed E-state index contributed by atoms with van der Waals surface area (Å²) in [6.45, 7) is 1.03. The first-order valence-corrected chi connectivity index (χ1v) is 9.45. The second kappa shape index (κ2) is 5.91. The van der Waals surface area contributed by atoms with Crippen LogP contribution in [-0.2, 0) is 14.8 Å². The van der Waals surface area contributed by atoms with E-state index in [9.17, 15) is 8.42 Å². The summed E-state index contributed by atoms with van der Waals surface area (Å²) in [5, 5.41) is -0.368. The van der Waals surface area contributed by atoms with Crippen molar-refractivity contribution in [2.45, 2.75) is 62.3 Å². The number of nitrogens with one attached hydrogen (secondary N) is 1. The van der Waals surface area contributed by atoms with Crippen molar-refractivity contribution in [3.8, 4) is 0 Å². The summed E-state index contributed by atoms with van der Waals surface area (Å²) in [6.07, 6.45) is 6.92. The molecule has 2 saturated carbocycles. The van der Waals surface area contributed by atoms with Crippen LogP contribution in [0, 0.1) is 11.8 Å². The van der Waals surface area contributed by atoms with E-state index in [1.165, 1.54) is 6.42 Å². The van der Waals surface area contributed by atoms with Gasteiger partial charge in [0.25, 0.3) is 0 Å². The lowest BCUT2D eigenvalue weighted by atomic mass is 9.67. The molecule has 1 heterocycles. The largest absolute Gasteiger partial charge is 0.380 e. The molecule has 3 N–H and O–H groups in total. The highest BCUT2D eigenvalue weighted by Crippen LogP contribution is 2.40. The van der Waals surface area contributed by atoms with Crippen molar-refractivity contribution in [3.05, 3.63) is 0 Å². The lowest BCUT2D eigenvalue weighted by Gasteiger charge is -2.45. The SMILES string of the molecule is NC1CC2CCCC(C1)C2NS(=O)(=O)C1CCCOC1. The molecule has 3 aliphatic rings. The summed E-state index contributed by atoms with van der Waals surface area (Å²) in [5.41, 5.74) is 6.10. The van der Waals surface area contributed by atoms with E-state index in [1.54, 1.807) is 0 Å². The van der Waals surface area contributed by atoms with Gasteiger partial charge < -0.3 is 10.5 Å². The van der Waals surface area contributed by atoms with E-state index in [2.05, 4.69) is 4.72 Å². The summed E-state index contributed by atoms with van der Waals surface area (Å²) in [7, 11) is -3.26. The Kier molecular flexibility index (Phi) is 4.36. The molecule has 6 heteroatoms. The fourth-order valence-corrected chi connectivity index (χ4v) is 5.93. The maximum Gasteiger partial charge on any atom is 0.217 e. The van der Waals surface area contributed by atoms with E-state index >= 15 is 0 Å². The Labute approximate surface area is 121 Å². The van der Waals surface area contributed by atoms with Crippen molar-refractivity contribution in [2.75, 3.05) is 13.2 Å². The molecule has 0 aromatic carbocycles. The number of sulfonamides is 1. The fourth-order valence-electron chi connectivity index (χ4n) is 4.22. The second-order valence-corrected chi connectivity index (χ2v) is 8.70. The van der Waals surface area contributed by atoms with Gasteiger partial charge in [-0.05, 0) is 50.4 Å². The van der Waals surface area contributed by atoms with Crippen molar-refractivity contribution in [3.63, 3.8) is 0 Å². The Morgan fingerprint density at radius 3 is 2.35 bits per heavy atom. The van der Waals surface area contributed by atoms with Gasteiger partial charge in [0.1, 0.15) is 0 Å². The van der Waals surface area contributed by atoms with E-state index in [0.29, 0.717) is 25.0 Å². The lowest BCUT2D eigenvalue weighted by Crippen LogP contribution is -2.55. The molecule has 1 aliphatic heterocycles. The predicted octanol–water partition coefficient (Wildman–Crippen LogP) is 0.991. The van der Waals surface area contributed by atoms with Gasteiger partial charge in [0.05, 0.1) is 11.9 Å². The molecule has 2 bridgehead atoms. The summed E-state index contributed by atoms with van der Waals surface area (Å²) < 4.78 is 33.4. The smallest absolute Gasteiger partial charge is 0.217 e. The summed E-state index contributed by atoms with van der Waals surface area (Å²) >= 11 is 0. The monoisotopic (exact) mass is 302 g/mol. The number of nitrogens with two attached hydrogens (primary N) is 1. The molecule has 3 atom stereocenters. The van der Waals surface area contributed by atoms with Gasteiger partial charge in [-0.1, -0.05) is 6.42 Å². The van der Waals surface area contributed by atoms with Crippen molar-refractivity contribution in [2.24, 2.45) is 17.6 Å². The van der Waals surface area contributed by atoms with Gasteiger partial charge in [-0.2, -0.15) is 0 Å². The number of rotatable bonds is 3. The van der Waals surface area contributed by atoms with Gasteiger partial charge in [0.15, 0.2) is 0 Å². The standard InChI is InChI=1S/C14H26N2O3S/c15-12-7-10-3-1-4-11(8-12)14(10)16-20(17,18)13-5-2-6-19-9-13/h10-14,16H,1-9,15H2. The Bertz CT molecular complexity index is 420. The van der Waals surface area contributed by atoms with E-state index in [4.69, 9.17) is 10.5 Å². The van der Waals surface area contributed by atoms with Crippen molar-refractivity contribution in [1.82, 2.24) is 4.72 Å². The van der Waals surface area contributed by atoms with Crippen LogP contribution in [0.1, 0.15) is 44.9 Å². The quantitative estimate of drug-likeness (QED) is 0.814. The summed E-state index contributed by atoms with van der Waals surface area (Å²) in [4.78, 5) is 0. The minimum atomic E-state index is -3.26. The molecule has 2 aliphatic carbocycles. The highest BCUT2D eigenvalue weighted by molar-refractivity contribution is 7.90. The van der Waals surface area contributed by atoms with Crippen LogP contribution in [0.3, 0.4) is 0 Å². The average molecular weight is 302 g/mol. The van der Waals surface area contributed by atoms with Gasteiger partial charge >= 0.3 is 0 Å². The molecule has 0 radical (unpaired) electrons. The van der Waals surface area contributed by atoms with E-state index < -0.39 is 10.0 Å². The van der Waals surface area contributed by atoms with Crippen LogP contribution in [0.5, 0.6) is 0 Å². The topological polar surface area (TPSA) is 81.4 Å². The molecule has 0 amide bonds. The average Bonchev–Trinajstić information content (AvgIpc) is 2.41. The third-order valence-electron chi connectivity index (χ3n) is 5.23. The zero-order chi connectivity index (χ0) is 14.2. The molecular weight excluding hydrogens is 276 g/mol. The van der Waals surface area contributed by atoms with Crippen LogP contribution in [0.15, 0.2) is 0 Å². The van der Waals surface area contributed by atoms with E-state index in [0.717, 1.165) is 38.5 Å². The normalized spacial score (nSPS) is 42.4. The van der Waals surface area contributed by atoms with E-state index in [-0.39, 0.29) is 17.3 Å². The molecule has 0 spiro atoms. The molecule has 3 rings (SSSR count). The maximum atomic E-state index is 12.5. The molecule has 3 fully saturated rings. The van der Waals surface area contributed by atoms with Crippen LogP contribution in [-0.4, -0.2) is 39.0 Å². The summed E-state index contributed by atoms with van der Waals surface area (Å²) in [6, 6.07) is 0.361. The third-order valence-corrected chi connectivity index (χ3v) is 7.08. The zero-order valence-electron chi connectivity index (χ0n) is 12.0. The van der Waals surface area contributed by atoms with Crippen LogP contribution in [0.25, 0.3) is 0 Å². The number of fused-ring (bicyclic) bond motifs is 2. The molecule has 0 aromatic heterocycles. The van der Waals surface area contributed by atoms with Crippen molar-refractivity contribution in [1.29, 1.82) is 0 Å². The van der Waals surface area contributed by atoms with Gasteiger partial charge in [-0.15, -0.1) is 0 Å². The minimum Gasteiger partial charge on any atom is -0.380 e. The number of ether oxygens (including phenoxy) is 1. The molecule has 3 unspecified atom stereocenters. The molecule has 116 valence electrons. The highest BCUT2D eigenvalue weighted by Gasteiger charge is 2.42. The highest BCUT2D eigenvalue weighted by atomic mass is 32.2. The van der Waals surface area contributed by atoms with E-state index in [1.807, 2.05) is 0 Å². The zero-order valence-corrected chi connectivity index (χ0v) is 12.8. The first kappa shape index (κ1) is 14.8. The molecular formula is C14H26N2O3S. The van der Waals surface area contributed by atoms with Crippen molar-refractivity contribution >= 4 is 10.0 Å². The first-order chi connectivity index (χ1) is 9.56. The Morgan fingerprint density at radius 2 is 1.75 bits per heavy atom.